The van der Waals surface area contributed by atoms with Crippen LogP contribution in [0.2, 0.25) is 0 Å². The van der Waals surface area contributed by atoms with Crippen LogP contribution < -0.4 is 14.8 Å². The van der Waals surface area contributed by atoms with Crippen molar-refractivity contribution in [1.29, 1.82) is 0 Å². The largest absolute Gasteiger partial charge is 0.495 e. The van der Waals surface area contributed by atoms with Crippen LogP contribution in [0.1, 0.15) is 31.0 Å². The Morgan fingerprint density at radius 1 is 1.14 bits per heavy atom. The highest BCUT2D eigenvalue weighted by molar-refractivity contribution is 5.60. The molecule has 1 N–H and O–H groups in total. The number of aryl methyl sites for hydroxylation is 1. The molecule has 3 rings (SSSR count). The minimum absolute atomic E-state index is 0.0882. The molecule has 0 aromatic heterocycles. The third-order valence-electron chi connectivity index (χ3n) is 3.96. The van der Waals surface area contributed by atoms with Crippen LogP contribution in [-0.2, 0) is 0 Å². The minimum atomic E-state index is -0.306. The van der Waals surface area contributed by atoms with Crippen molar-refractivity contribution < 1.29 is 9.47 Å². The number of para-hydroxylation sites is 1. The normalized spacial score (nSPS) is 18.8. The standard InChI is InChI=1S/C18H21NO2/c1-12-9-10-14(16(11-12)20-4)19-17-13-7-5-6-8-15(13)21-18(17,2)3/h5-11,17,19H,1-4H3. The van der Waals surface area contributed by atoms with Gasteiger partial charge in [-0.15, -0.1) is 0 Å². The van der Waals surface area contributed by atoms with Gasteiger partial charge in [0, 0.05) is 5.56 Å². The SMILES string of the molecule is COc1cc(C)ccc1NC1c2ccccc2OC1(C)C. The summed E-state index contributed by atoms with van der Waals surface area (Å²) in [6, 6.07) is 14.5. The highest BCUT2D eigenvalue weighted by Crippen LogP contribution is 2.45. The molecule has 0 aliphatic carbocycles. The van der Waals surface area contributed by atoms with Crippen molar-refractivity contribution in [3.05, 3.63) is 53.6 Å². The number of rotatable bonds is 3. The van der Waals surface area contributed by atoms with Gasteiger partial charge < -0.3 is 14.8 Å². The van der Waals surface area contributed by atoms with Crippen molar-refractivity contribution in [2.24, 2.45) is 0 Å². The quantitative estimate of drug-likeness (QED) is 0.909. The Balaban J connectivity index is 1.97. The van der Waals surface area contributed by atoms with Gasteiger partial charge in [-0.2, -0.15) is 0 Å². The molecule has 1 aliphatic heterocycles. The topological polar surface area (TPSA) is 30.5 Å². The van der Waals surface area contributed by atoms with E-state index in [0.29, 0.717) is 0 Å². The number of nitrogens with one attached hydrogen (secondary N) is 1. The fourth-order valence-corrected chi connectivity index (χ4v) is 2.85. The van der Waals surface area contributed by atoms with Crippen LogP contribution in [-0.4, -0.2) is 12.7 Å². The molecule has 0 bridgehead atoms. The van der Waals surface area contributed by atoms with Crippen LogP contribution in [0, 0.1) is 6.92 Å². The van der Waals surface area contributed by atoms with Gasteiger partial charge >= 0.3 is 0 Å². The second-order valence-corrected chi connectivity index (χ2v) is 6.02. The maximum Gasteiger partial charge on any atom is 0.142 e. The molecule has 0 saturated carbocycles. The number of ether oxygens (including phenoxy) is 2. The van der Waals surface area contributed by atoms with Gasteiger partial charge in [-0.3, -0.25) is 0 Å². The predicted molar refractivity (Wildman–Crippen MR) is 85.2 cm³/mol. The zero-order valence-corrected chi connectivity index (χ0v) is 12.9. The van der Waals surface area contributed by atoms with Crippen molar-refractivity contribution >= 4 is 5.69 Å². The first-order valence-electron chi connectivity index (χ1n) is 7.20. The lowest BCUT2D eigenvalue weighted by Crippen LogP contribution is -2.34. The molecule has 110 valence electrons. The zero-order valence-electron chi connectivity index (χ0n) is 12.9. The first kappa shape index (κ1) is 13.8. The second-order valence-electron chi connectivity index (χ2n) is 6.02. The molecule has 0 saturated heterocycles. The van der Waals surface area contributed by atoms with Crippen molar-refractivity contribution in [2.75, 3.05) is 12.4 Å². The smallest absolute Gasteiger partial charge is 0.142 e. The molecule has 3 nitrogen and oxygen atoms in total. The van der Waals surface area contributed by atoms with E-state index in [1.807, 2.05) is 24.3 Å². The van der Waals surface area contributed by atoms with Gasteiger partial charge in [0.15, 0.2) is 0 Å². The Morgan fingerprint density at radius 2 is 1.90 bits per heavy atom. The average molecular weight is 283 g/mol. The summed E-state index contributed by atoms with van der Waals surface area (Å²) in [5, 5.41) is 3.58. The Morgan fingerprint density at radius 3 is 2.67 bits per heavy atom. The van der Waals surface area contributed by atoms with Gasteiger partial charge in [0.25, 0.3) is 0 Å². The molecule has 1 heterocycles. The van der Waals surface area contributed by atoms with E-state index < -0.39 is 0 Å². The van der Waals surface area contributed by atoms with Crippen molar-refractivity contribution in [3.8, 4) is 11.5 Å². The van der Waals surface area contributed by atoms with Gasteiger partial charge in [0.05, 0.1) is 18.8 Å². The van der Waals surface area contributed by atoms with E-state index in [4.69, 9.17) is 9.47 Å². The maximum absolute atomic E-state index is 6.07. The van der Waals surface area contributed by atoms with E-state index in [-0.39, 0.29) is 11.6 Å². The summed E-state index contributed by atoms with van der Waals surface area (Å²) in [6.45, 7) is 6.26. The fourth-order valence-electron chi connectivity index (χ4n) is 2.85. The second kappa shape index (κ2) is 4.99. The highest BCUT2D eigenvalue weighted by Gasteiger charge is 2.41. The molecule has 0 radical (unpaired) electrons. The zero-order chi connectivity index (χ0) is 15.0. The van der Waals surface area contributed by atoms with Crippen LogP contribution in [0.25, 0.3) is 0 Å². The average Bonchev–Trinajstić information content (AvgIpc) is 2.71. The monoisotopic (exact) mass is 283 g/mol. The van der Waals surface area contributed by atoms with Crippen LogP contribution in [0.15, 0.2) is 42.5 Å². The molecule has 2 aromatic rings. The summed E-state index contributed by atoms with van der Waals surface area (Å²) in [7, 11) is 1.70. The number of benzene rings is 2. The molecular formula is C18H21NO2. The van der Waals surface area contributed by atoms with E-state index in [2.05, 4.69) is 44.3 Å². The molecule has 3 heteroatoms. The van der Waals surface area contributed by atoms with Crippen molar-refractivity contribution in [2.45, 2.75) is 32.4 Å². The molecule has 21 heavy (non-hydrogen) atoms. The Hall–Kier alpha value is -2.16. The van der Waals surface area contributed by atoms with Crippen LogP contribution >= 0.6 is 0 Å². The number of hydrogen-bond acceptors (Lipinski definition) is 3. The van der Waals surface area contributed by atoms with Crippen LogP contribution in [0.3, 0.4) is 0 Å². The Bertz CT molecular complexity index is 664. The lowest BCUT2D eigenvalue weighted by Gasteiger charge is -2.28. The Kier molecular flexibility index (Phi) is 3.28. The summed E-state index contributed by atoms with van der Waals surface area (Å²) in [4.78, 5) is 0. The number of fused-ring (bicyclic) bond motifs is 1. The fraction of sp³-hybridized carbons (Fsp3) is 0.333. The molecular weight excluding hydrogens is 262 g/mol. The predicted octanol–water partition coefficient (Wildman–Crippen LogP) is 4.33. The molecule has 0 spiro atoms. The summed E-state index contributed by atoms with van der Waals surface area (Å²) in [5.74, 6) is 1.81. The van der Waals surface area contributed by atoms with Gasteiger partial charge in [-0.1, -0.05) is 24.3 Å². The summed E-state index contributed by atoms with van der Waals surface area (Å²) in [6.07, 6.45) is 0. The maximum atomic E-state index is 6.07. The number of methoxy groups -OCH3 is 1. The van der Waals surface area contributed by atoms with Gasteiger partial charge in [0.1, 0.15) is 17.1 Å². The van der Waals surface area contributed by atoms with E-state index >= 15 is 0 Å². The summed E-state index contributed by atoms with van der Waals surface area (Å²) >= 11 is 0. The molecule has 0 amide bonds. The van der Waals surface area contributed by atoms with Gasteiger partial charge in [-0.05, 0) is 44.5 Å². The van der Waals surface area contributed by atoms with Crippen LogP contribution in [0.5, 0.6) is 11.5 Å². The molecule has 1 atom stereocenters. The van der Waals surface area contributed by atoms with E-state index in [0.717, 1.165) is 17.2 Å². The molecule has 1 aliphatic rings. The third-order valence-corrected chi connectivity index (χ3v) is 3.96. The first-order valence-corrected chi connectivity index (χ1v) is 7.20. The lowest BCUT2D eigenvalue weighted by atomic mass is 9.94. The van der Waals surface area contributed by atoms with E-state index in [1.54, 1.807) is 7.11 Å². The van der Waals surface area contributed by atoms with Crippen molar-refractivity contribution in [1.82, 2.24) is 0 Å². The highest BCUT2D eigenvalue weighted by atomic mass is 16.5. The number of hydrogen-bond donors (Lipinski definition) is 1. The van der Waals surface area contributed by atoms with E-state index in [9.17, 15) is 0 Å². The third kappa shape index (κ3) is 2.44. The Labute approximate surface area is 125 Å². The van der Waals surface area contributed by atoms with Gasteiger partial charge in [0.2, 0.25) is 0 Å². The summed E-state index contributed by atoms with van der Waals surface area (Å²) < 4.78 is 11.6. The molecule has 0 fully saturated rings. The molecule has 2 aromatic carbocycles. The molecule has 1 unspecified atom stereocenters. The number of anilines is 1. The lowest BCUT2D eigenvalue weighted by molar-refractivity contribution is 0.118. The summed E-state index contributed by atoms with van der Waals surface area (Å²) in [5.41, 5.74) is 3.05. The van der Waals surface area contributed by atoms with E-state index in [1.165, 1.54) is 11.1 Å². The minimum Gasteiger partial charge on any atom is -0.495 e. The van der Waals surface area contributed by atoms with Crippen LogP contribution in [0.4, 0.5) is 5.69 Å². The first-order chi connectivity index (χ1) is 10.0. The van der Waals surface area contributed by atoms with Crippen molar-refractivity contribution in [3.63, 3.8) is 0 Å². The van der Waals surface area contributed by atoms with Gasteiger partial charge in [-0.25, -0.2) is 0 Å².